The highest BCUT2D eigenvalue weighted by Crippen LogP contribution is 2.24. The first-order valence-electron chi connectivity index (χ1n) is 6.01. The fourth-order valence-corrected chi connectivity index (χ4v) is 2.41. The van der Waals surface area contributed by atoms with Crippen LogP contribution in [-0.2, 0) is 4.79 Å². The number of rotatable bonds is 2. The molecule has 1 saturated heterocycles. The normalized spacial score (nSPS) is 22.3. The second kappa shape index (κ2) is 5.48. The average Bonchev–Trinajstić information content (AvgIpc) is 2.71. The van der Waals surface area contributed by atoms with Gasteiger partial charge in [-0.15, -0.1) is 0 Å². The van der Waals surface area contributed by atoms with Crippen LogP contribution in [0.1, 0.15) is 6.92 Å². The van der Waals surface area contributed by atoms with Crippen molar-refractivity contribution in [1.29, 1.82) is 0 Å². The zero-order valence-electron chi connectivity index (χ0n) is 10.5. The summed E-state index contributed by atoms with van der Waals surface area (Å²) in [6, 6.07) is 6.55. The zero-order chi connectivity index (χ0) is 14.0. The van der Waals surface area contributed by atoms with Crippen molar-refractivity contribution in [3.8, 4) is 0 Å². The number of carbonyl (C=O) groups excluding carboxylic acids is 1. The summed E-state index contributed by atoms with van der Waals surface area (Å²) in [5.41, 5.74) is 0.601. The van der Waals surface area contributed by atoms with Gasteiger partial charge < -0.3 is 15.3 Å². The van der Waals surface area contributed by atoms with Gasteiger partial charge in [0.25, 0.3) is 0 Å². The lowest BCUT2D eigenvalue weighted by Gasteiger charge is -2.16. The van der Waals surface area contributed by atoms with Crippen molar-refractivity contribution in [3.63, 3.8) is 0 Å². The van der Waals surface area contributed by atoms with E-state index in [0.29, 0.717) is 17.3 Å². The Labute approximate surface area is 116 Å². The summed E-state index contributed by atoms with van der Waals surface area (Å²) in [5.74, 6) is -1.39. The van der Waals surface area contributed by atoms with E-state index in [-0.39, 0.29) is 18.5 Å². The summed E-state index contributed by atoms with van der Waals surface area (Å²) in [6.07, 6.45) is 0. The molecule has 0 radical (unpaired) electrons. The Bertz CT molecular complexity index is 506. The van der Waals surface area contributed by atoms with Crippen molar-refractivity contribution >= 4 is 29.3 Å². The molecule has 2 rings (SSSR count). The van der Waals surface area contributed by atoms with Crippen LogP contribution in [0.3, 0.4) is 0 Å². The standard InChI is InChI=1S/C13H15ClN2O3/c1-8-6-16(7-11(8)12(17)18)13(19)15-10-4-2-3-9(14)5-10/h2-5,8,11H,6-7H2,1H3,(H,15,19)(H,17,18)/t8-,11-/m1/s1. The maximum atomic E-state index is 12.0. The molecule has 2 N–H and O–H groups in total. The van der Waals surface area contributed by atoms with E-state index in [9.17, 15) is 9.59 Å². The van der Waals surface area contributed by atoms with Gasteiger partial charge in [-0.1, -0.05) is 24.6 Å². The van der Waals surface area contributed by atoms with Crippen LogP contribution >= 0.6 is 11.6 Å². The second-order valence-corrected chi connectivity index (χ2v) is 5.20. The van der Waals surface area contributed by atoms with Crippen molar-refractivity contribution in [3.05, 3.63) is 29.3 Å². The Morgan fingerprint density at radius 1 is 1.42 bits per heavy atom. The summed E-state index contributed by atoms with van der Waals surface area (Å²) in [6.45, 7) is 2.53. The number of amides is 2. The monoisotopic (exact) mass is 282 g/mol. The third-order valence-electron chi connectivity index (χ3n) is 3.29. The fourth-order valence-electron chi connectivity index (χ4n) is 2.22. The van der Waals surface area contributed by atoms with E-state index in [1.165, 1.54) is 4.90 Å². The predicted molar refractivity (Wildman–Crippen MR) is 72.3 cm³/mol. The first-order valence-corrected chi connectivity index (χ1v) is 6.39. The number of aliphatic carboxylic acids is 1. The van der Waals surface area contributed by atoms with Crippen LogP contribution in [0, 0.1) is 11.8 Å². The number of carboxylic acid groups (broad SMARTS) is 1. The molecule has 0 spiro atoms. The van der Waals surface area contributed by atoms with Gasteiger partial charge in [-0.3, -0.25) is 4.79 Å². The average molecular weight is 283 g/mol. The minimum Gasteiger partial charge on any atom is -0.481 e. The number of carboxylic acids is 1. The number of nitrogens with one attached hydrogen (secondary N) is 1. The third kappa shape index (κ3) is 3.17. The van der Waals surface area contributed by atoms with Crippen LogP contribution in [0.2, 0.25) is 5.02 Å². The molecule has 0 bridgehead atoms. The van der Waals surface area contributed by atoms with Gasteiger partial charge in [0.15, 0.2) is 0 Å². The van der Waals surface area contributed by atoms with Crippen LogP contribution in [0.25, 0.3) is 0 Å². The highest BCUT2D eigenvalue weighted by atomic mass is 35.5. The van der Waals surface area contributed by atoms with Crippen molar-refractivity contribution in [1.82, 2.24) is 4.90 Å². The number of halogens is 1. The van der Waals surface area contributed by atoms with E-state index in [4.69, 9.17) is 16.7 Å². The predicted octanol–water partition coefficient (Wildman–Crippen LogP) is 2.52. The number of carbonyl (C=O) groups is 2. The molecule has 102 valence electrons. The Balaban J connectivity index is 2.00. The Kier molecular flexibility index (Phi) is 3.95. The summed E-state index contributed by atoms with van der Waals surface area (Å²) in [4.78, 5) is 24.5. The van der Waals surface area contributed by atoms with Gasteiger partial charge in [0.1, 0.15) is 0 Å². The topological polar surface area (TPSA) is 69.6 Å². The van der Waals surface area contributed by atoms with Gasteiger partial charge in [0, 0.05) is 23.8 Å². The number of hydrogen-bond donors (Lipinski definition) is 2. The Hall–Kier alpha value is -1.75. The summed E-state index contributed by atoms with van der Waals surface area (Å²) >= 11 is 5.83. The van der Waals surface area contributed by atoms with Crippen LogP contribution < -0.4 is 5.32 Å². The molecule has 2 atom stereocenters. The number of urea groups is 1. The number of benzene rings is 1. The largest absolute Gasteiger partial charge is 0.481 e. The number of likely N-dealkylation sites (tertiary alicyclic amines) is 1. The molecule has 1 aromatic rings. The number of nitrogens with zero attached hydrogens (tertiary/aromatic N) is 1. The van der Waals surface area contributed by atoms with E-state index in [2.05, 4.69) is 5.32 Å². The number of anilines is 1. The first kappa shape index (κ1) is 13.7. The lowest BCUT2D eigenvalue weighted by molar-refractivity contribution is -0.142. The van der Waals surface area contributed by atoms with Gasteiger partial charge in [-0.05, 0) is 24.1 Å². The van der Waals surface area contributed by atoms with E-state index in [1.54, 1.807) is 24.3 Å². The van der Waals surface area contributed by atoms with Crippen LogP contribution in [0.15, 0.2) is 24.3 Å². The molecule has 1 heterocycles. The van der Waals surface area contributed by atoms with Crippen molar-refractivity contribution in [2.75, 3.05) is 18.4 Å². The highest BCUT2D eigenvalue weighted by molar-refractivity contribution is 6.30. The molecule has 0 unspecified atom stereocenters. The molecule has 1 aliphatic heterocycles. The molecule has 2 amide bonds. The maximum absolute atomic E-state index is 12.0. The lowest BCUT2D eigenvalue weighted by Crippen LogP contribution is -2.33. The lowest BCUT2D eigenvalue weighted by atomic mass is 9.99. The minimum atomic E-state index is -0.856. The molecule has 0 saturated carbocycles. The quantitative estimate of drug-likeness (QED) is 0.876. The molecule has 0 aromatic heterocycles. The fraction of sp³-hybridized carbons (Fsp3) is 0.385. The molecular weight excluding hydrogens is 268 g/mol. The second-order valence-electron chi connectivity index (χ2n) is 4.77. The van der Waals surface area contributed by atoms with E-state index in [1.807, 2.05) is 6.92 Å². The summed E-state index contributed by atoms with van der Waals surface area (Å²) in [7, 11) is 0. The SMILES string of the molecule is C[C@@H]1CN(C(=O)Nc2cccc(Cl)c2)C[C@H]1C(=O)O. The van der Waals surface area contributed by atoms with Gasteiger partial charge in [0.05, 0.1) is 5.92 Å². The van der Waals surface area contributed by atoms with Crippen molar-refractivity contribution in [2.24, 2.45) is 11.8 Å². The van der Waals surface area contributed by atoms with Crippen LogP contribution in [-0.4, -0.2) is 35.1 Å². The van der Waals surface area contributed by atoms with Crippen LogP contribution in [0.4, 0.5) is 10.5 Å². The van der Waals surface area contributed by atoms with E-state index < -0.39 is 11.9 Å². The molecule has 1 aliphatic rings. The molecule has 5 nitrogen and oxygen atoms in total. The third-order valence-corrected chi connectivity index (χ3v) is 3.53. The molecule has 1 fully saturated rings. The first-order chi connectivity index (χ1) is 8.97. The molecular formula is C13H15ClN2O3. The highest BCUT2D eigenvalue weighted by Gasteiger charge is 2.36. The van der Waals surface area contributed by atoms with Crippen molar-refractivity contribution < 1.29 is 14.7 Å². The molecule has 0 aliphatic carbocycles. The molecule has 6 heteroatoms. The zero-order valence-corrected chi connectivity index (χ0v) is 11.2. The summed E-state index contributed by atoms with van der Waals surface area (Å²) < 4.78 is 0. The number of hydrogen-bond acceptors (Lipinski definition) is 2. The van der Waals surface area contributed by atoms with Gasteiger partial charge >= 0.3 is 12.0 Å². The molecule has 1 aromatic carbocycles. The molecule has 19 heavy (non-hydrogen) atoms. The minimum absolute atomic E-state index is 0.0392. The Morgan fingerprint density at radius 2 is 2.16 bits per heavy atom. The van der Waals surface area contributed by atoms with Gasteiger partial charge in [0.2, 0.25) is 0 Å². The van der Waals surface area contributed by atoms with Crippen LogP contribution in [0.5, 0.6) is 0 Å². The maximum Gasteiger partial charge on any atom is 0.321 e. The van der Waals surface area contributed by atoms with E-state index >= 15 is 0 Å². The smallest absolute Gasteiger partial charge is 0.321 e. The van der Waals surface area contributed by atoms with Gasteiger partial charge in [-0.25, -0.2) is 4.79 Å². The Morgan fingerprint density at radius 3 is 2.74 bits per heavy atom. The van der Waals surface area contributed by atoms with Gasteiger partial charge in [-0.2, -0.15) is 0 Å². The summed E-state index contributed by atoms with van der Waals surface area (Å²) in [5, 5.41) is 12.3. The van der Waals surface area contributed by atoms with Crippen molar-refractivity contribution in [2.45, 2.75) is 6.92 Å². The van der Waals surface area contributed by atoms with E-state index in [0.717, 1.165) is 0 Å².